The van der Waals surface area contributed by atoms with E-state index in [1.807, 2.05) is 0 Å². The molecular weight excluding hydrogens is 250 g/mol. The Kier molecular flexibility index (Phi) is 4.11. The fourth-order valence-corrected chi connectivity index (χ4v) is 2.61. The summed E-state index contributed by atoms with van der Waals surface area (Å²) in [5.41, 5.74) is 1.42. The zero-order valence-corrected chi connectivity index (χ0v) is 9.86. The van der Waals surface area contributed by atoms with Crippen LogP contribution in [0.1, 0.15) is 17.1 Å². The van der Waals surface area contributed by atoms with Crippen LogP contribution >= 0.6 is 11.8 Å². The van der Waals surface area contributed by atoms with Crippen LogP contribution in [0.3, 0.4) is 0 Å². The zero-order chi connectivity index (χ0) is 12.3. The van der Waals surface area contributed by atoms with E-state index in [-0.39, 0.29) is 12.2 Å². The Hall–Kier alpha value is -0.950. The number of rotatable bonds is 5. The maximum absolute atomic E-state index is 11.8. The minimum atomic E-state index is -2.46. The van der Waals surface area contributed by atoms with Crippen molar-refractivity contribution in [2.45, 2.75) is 24.4 Å². The molecule has 1 aromatic heterocycles. The minimum absolute atomic E-state index is 0.121. The second-order valence-electron chi connectivity index (χ2n) is 3.65. The molecule has 0 saturated carbocycles. The lowest BCUT2D eigenvalue weighted by Gasteiger charge is -2.04. The van der Waals surface area contributed by atoms with Gasteiger partial charge in [0, 0.05) is 23.5 Å². The Morgan fingerprint density at radius 2 is 2.29 bits per heavy atom. The highest BCUT2D eigenvalue weighted by Gasteiger charge is 2.17. The highest BCUT2D eigenvalue weighted by atomic mass is 32.2. The predicted molar refractivity (Wildman–Crippen MR) is 60.4 cm³/mol. The predicted octanol–water partition coefficient (Wildman–Crippen LogP) is 1.34. The number of aromatic nitrogens is 2. The monoisotopic (exact) mass is 262 g/mol. The average molecular weight is 262 g/mol. The van der Waals surface area contributed by atoms with Crippen molar-refractivity contribution < 1.29 is 13.5 Å². The number of H-pyrrole nitrogens is 1. The Labute approximate surface area is 101 Å². The molecule has 0 amide bonds. The molecule has 4 nitrogen and oxygen atoms in total. The van der Waals surface area contributed by atoms with Crippen molar-refractivity contribution in [3.05, 3.63) is 27.4 Å². The van der Waals surface area contributed by atoms with Crippen molar-refractivity contribution in [1.82, 2.24) is 9.97 Å². The van der Waals surface area contributed by atoms with Gasteiger partial charge in [-0.1, -0.05) is 0 Å². The lowest BCUT2D eigenvalue weighted by molar-refractivity contribution is 0.0182. The van der Waals surface area contributed by atoms with Crippen molar-refractivity contribution in [3.8, 4) is 0 Å². The van der Waals surface area contributed by atoms with Crippen LogP contribution in [0.2, 0.25) is 0 Å². The van der Waals surface area contributed by atoms with E-state index in [0.717, 1.165) is 17.0 Å². The molecule has 2 heterocycles. The summed E-state index contributed by atoms with van der Waals surface area (Å²) in [6.45, 7) is -0.440. The topological polar surface area (TPSA) is 55.0 Å². The van der Waals surface area contributed by atoms with E-state index >= 15 is 0 Å². The number of halogens is 2. The second-order valence-corrected chi connectivity index (χ2v) is 4.63. The van der Waals surface area contributed by atoms with E-state index in [2.05, 4.69) is 9.97 Å². The number of aromatic amines is 1. The highest BCUT2D eigenvalue weighted by molar-refractivity contribution is 7.98. The number of nitrogens with one attached hydrogen (secondary N) is 1. The quantitative estimate of drug-likeness (QED) is 0.814. The summed E-state index contributed by atoms with van der Waals surface area (Å²) >= 11 is 1.65. The Balaban J connectivity index is 1.94. The van der Waals surface area contributed by atoms with Crippen molar-refractivity contribution in [2.75, 3.05) is 13.2 Å². The average Bonchev–Trinajstić information content (AvgIpc) is 2.72. The fraction of sp³-hybridized carbons (Fsp3) is 0.600. The third-order valence-electron chi connectivity index (χ3n) is 2.36. The van der Waals surface area contributed by atoms with Crippen LogP contribution in [-0.2, 0) is 22.7 Å². The molecular formula is C10H12F2N2O2S. The van der Waals surface area contributed by atoms with E-state index in [1.54, 1.807) is 11.8 Å². The van der Waals surface area contributed by atoms with Gasteiger partial charge in [0.05, 0.1) is 12.3 Å². The van der Waals surface area contributed by atoms with E-state index in [9.17, 15) is 13.6 Å². The molecule has 0 aliphatic carbocycles. The van der Waals surface area contributed by atoms with Crippen LogP contribution in [-0.4, -0.2) is 29.6 Å². The first-order chi connectivity index (χ1) is 8.16. The first-order valence-electron chi connectivity index (χ1n) is 5.21. The third-order valence-corrected chi connectivity index (χ3v) is 3.33. The Morgan fingerprint density at radius 3 is 3.06 bits per heavy atom. The molecule has 0 fully saturated rings. The number of nitrogens with zero attached hydrogens (tertiary/aromatic N) is 1. The maximum atomic E-state index is 11.8. The number of hydrogen-bond donors (Lipinski definition) is 1. The van der Waals surface area contributed by atoms with Crippen molar-refractivity contribution in [1.29, 1.82) is 0 Å². The van der Waals surface area contributed by atoms with Crippen molar-refractivity contribution in [2.24, 2.45) is 0 Å². The molecule has 7 heteroatoms. The van der Waals surface area contributed by atoms with Gasteiger partial charge in [-0.15, -0.1) is 0 Å². The van der Waals surface area contributed by atoms with Gasteiger partial charge in [-0.2, -0.15) is 11.8 Å². The van der Waals surface area contributed by atoms with E-state index in [0.29, 0.717) is 18.0 Å². The molecule has 0 aromatic carbocycles. The van der Waals surface area contributed by atoms with E-state index in [4.69, 9.17) is 4.74 Å². The minimum Gasteiger partial charge on any atom is -0.375 e. The SMILES string of the molecule is O=c1[nH]c(CCOCC(F)F)nc2c1CSC2. The summed E-state index contributed by atoms with van der Waals surface area (Å²) in [6, 6.07) is 0. The van der Waals surface area contributed by atoms with Crippen LogP contribution in [0.15, 0.2) is 4.79 Å². The Bertz CT molecular complexity index is 450. The second kappa shape index (κ2) is 5.59. The van der Waals surface area contributed by atoms with Gasteiger partial charge in [-0.05, 0) is 0 Å². The van der Waals surface area contributed by atoms with E-state index < -0.39 is 13.0 Å². The molecule has 1 aliphatic rings. The summed E-state index contributed by atoms with van der Waals surface area (Å²) in [4.78, 5) is 18.5. The molecule has 1 aromatic rings. The fourth-order valence-electron chi connectivity index (χ4n) is 1.57. The Morgan fingerprint density at radius 1 is 1.47 bits per heavy atom. The van der Waals surface area contributed by atoms with Crippen molar-refractivity contribution in [3.63, 3.8) is 0 Å². The standard InChI is InChI=1S/C10H12F2N2O2S/c11-8(12)3-16-2-1-9-13-7-5-17-4-6(7)10(15)14-9/h8H,1-5H2,(H,13,14,15). The molecule has 0 atom stereocenters. The molecule has 0 spiro atoms. The zero-order valence-electron chi connectivity index (χ0n) is 9.04. The molecule has 0 unspecified atom stereocenters. The van der Waals surface area contributed by atoms with Gasteiger partial charge < -0.3 is 9.72 Å². The van der Waals surface area contributed by atoms with Gasteiger partial charge in [-0.25, -0.2) is 13.8 Å². The summed E-state index contributed by atoms with van der Waals surface area (Å²) < 4.78 is 28.3. The van der Waals surface area contributed by atoms with Gasteiger partial charge in [0.25, 0.3) is 12.0 Å². The molecule has 1 aliphatic heterocycles. The van der Waals surface area contributed by atoms with Gasteiger partial charge in [0.15, 0.2) is 0 Å². The molecule has 94 valence electrons. The summed E-state index contributed by atoms with van der Waals surface area (Å²) in [5.74, 6) is 1.94. The van der Waals surface area contributed by atoms with Gasteiger partial charge in [-0.3, -0.25) is 4.79 Å². The highest BCUT2D eigenvalue weighted by Crippen LogP contribution is 2.25. The molecule has 0 saturated heterocycles. The molecule has 17 heavy (non-hydrogen) atoms. The summed E-state index contributed by atoms with van der Waals surface area (Å²) in [5, 5.41) is 0. The smallest absolute Gasteiger partial charge is 0.261 e. The number of thioether (sulfide) groups is 1. The molecule has 2 rings (SSSR count). The maximum Gasteiger partial charge on any atom is 0.261 e. The van der Waals surface area contributed by atoms with Gasteiger partial charge in [0.2, 0.25) is 0 Å². The van der Waals surface area contributed by atoms with Crippen LogP contribution in [0.25, 0.3) is 0 Å². The summed E-state index contributed by atoms with van der Waals surface area (Å²) in [6.07, 6.45) is -2.11. The normalized spacial score (nSPS) is 14.3. The van der Waals surface area contributed by atoms with Crippen LogP contribution < -0.4 is 5.56 Å². The largest absolute Gasteiger partial charge is 0.375 e. The van der Waals surface area contributed by atoms with Crippen LogP contribution in [0, 0.1) is 0 Å². The first-order valence-corrected chi connectivity index (χ1v) is 6.37. The van der Waals surface area contributed by atoms with Crippen molar-refractivity contribution >= 4 is 11.8 Å². The third kappa shape index (κ3) is 3.26. The molecule has 1 N–H and O–H groups in total. The van der Waals surface area contributed by atoms with Gasteiger partial charge in [0.1, 0.15) is 12.4 Å². The number of alkyl halides is 2. The molecule has 0 radical (unpaired) electrons. The van der Waals surface area contributed by atoms with Gasteiger partial charge >= 0.3 is 0 Å². The lowest BCUT2D eigenvalue weighted by Crippen LogP contribution is -2.18. The number of hydrogen-bond acceptors (Lipinski definition) is 4. The lowest BCUT2D eigenvalue weighted by atomic mass is 10.2. The molecule has 0 bridgehead atoms. The van der Waals surface area contributed by atoms with E-state index in [1.165, 1.54) is 0 Å². The number of fused-ring (bicyclic) bond motifs is 1. The summed E-state index contributed by atoms with van der Waals surface area (Å²) in [7, 11) is 0. The first kappa shape index (κ1) is 12.5. The van der Waals surface area contributed by atoms with Crippen LogP contribution in [0.5, 0.6) is 0 Å². The van der Waals surface area contributed by atoms with Crippen LogP contribution in [0.4, 0.5) is 8.78 Å². The number of ether oxygens (including phenoxy) is 1.